The van der Waals surface area contributed by atoms with Crippen LogP contribution in [0.3, 0.4) is 0 Å². The molecule has 0 bridgehead atoms. The molecule has 22 heavy (non-hydrogen) atoms. The number of hydrogen-bond acceptors (Lipinski definition) is 4. The van der Waals surface area contributed by atoms with Crippen LogP contribution in [0.4, 0.5) is 0 Å². The van der Waals surface area contributed by atoms with E-state index >= 15 is 0 Å². The first-order valence-electron chi connectivity index (χ1n) is 7.90. The Morgan fingerprint density at radius 2 is 2.23 bits per heavy atom. The maximum atomic E-state index is 12.8. The van der Waals surface area contributed by atoms with Gasteiger partial charge in [-0.3, -0.25) is 9.69 Å². The highest BCUT2D eigenvalue weighted by Crippen LogP contribution is 2.33. The van der Waals surface area contributed by atoms with Crippen LogP contribution in [0.1, 0.15) is 34.9 Å². The van der Waals surface area contributed by atoms with Crippen LogP contribution in [0.25, 0.3) is 0 Å². The van der Waals surface area contributed by atoms with Crippen molar-refractivity contribution in [3.8, 4) is 0 Å². The minimum absolute atomic E-state index is 0.298. The van der Waals surface area contributed by atoms with Gasteiger partial charge in [-0.15, -0.1) is 11.3 Å². The van der Waals surface area contributed by atoms with E-state index in [4.69, 9.17) is 0 Å². The van der Waals surface area contributed by atoms with Crippen molar-refractivity contribution >= 4 is 28.6 Å². The minimum atomic E-state index is 0.298. The van der Waals surface area contributed by atoms with E-state index in [2.05, 4.69) is 38.1 Å². The number of carbonyl (C=O) groups excluding carboxylic acids is 1. The molecule has 3 nitrogen and oxygen atoms in total. The summed E-state index contributed by atoms with van der Waals surface area (Å²) < 4.78 is 0. The quantitative estimate of drug-likeness (QED) is 0.858. The lowest BCUT2D eigenvalue weighted by Gasteiger charge is -2.30. The van der Waals surface area contributed by atoms with Crippen molar-refractivity contribution in [2.24, 2.45) is 0 Å². The molecule has 2 aromatic rings. The minimum Gasteiger partial charge on any atom is -0.335 e. The van der Waals surface area contributed by atoms with Crippen LogP contribution in [0.15, 0.2) is 28.3 Å². The molecule has 0 saturated carbocycles. The smallest absolute Gasteiger partial charge is 0.237 e. The Hall–Kier alpha value is -1.17. The van der Waals surface area contributed by atoms with Gasteiger partial charge in [0.05, 0.1) is 12.6 Å². The van der Waals surface area contributed by atoms with Crippen molar-refractivity contribution in [1.29, 1.82) is 0 Å². The van der Waals surface area contributed by atoms with E-state index in [0.717, 1.165) is 38.9 Å². The van der Waals surface area contributed by atoms with E-state index in [1.54, 1.807) is 11.3 Å². The fourth-order valence-electron chi connectivity index (χ4n) is 3.60. The van der Waals surface area contributed by atoms with Crippen LogP contribution >= 0.6 is 22.7 Å². The van der Waals surface area contributed by atoms with Gasteiger partial charge >= 0.3 is 0 Å². The molecule has 1 fully saturated rings. The highest BCUT2D eigenvalue weighted by Gasteiger charge is 2.31. The Kier molecular flexibility index (Phi) is 4.03. The summed E-state index contributed by atoms with van der Waals surface area (Å²) in [6, 6.07) is 4.68. The lowest BCUT2D eigenvalue weighted by atomic mass is 10.1. The SMILES string of the molecule is O=C(CN1CCc2sccc2C1)N1CCCC1c1ccsc1. The number of amides is 1. The maximum Gasteiger partial charge on any atom is 0.237 e. The fourth-order valence-corrected chi connectivity index (χ4v) is 5.20. The predicted molar refractivity (Wildman–Crippen MR) is 91.3 cm³/mol. The van der Waals surface area contributed by atoms with Gasteiger partial charge in [0.25, 0.3) is 0 Å². The number of hydrogen-bond donors (Lipinski definition) is 0. The van der Waals surface area contributed by atoms with Gasteiger partial charge in [-0.05, 0) is 58.7 Å². The molecule has 2 aliphatic rings. The van der Waals surface area contributed by atoms with Crippen LogP contribution in [-0.2, 0) is 17.8 Å². The third-order valence-electron chi connectivity index (χ3n) is 4.75. The van der Waals surface area contributed by atoms with Gasteiger partial charge in [-0.25, -0.2) is 0 Å². The number of nitrogens with zero attached hydrogens (tertiary/aromatic N) is 2. The van der Waals surface area contributed by atoms with Gasteiger partial charge in [0.2, 0.25) is 5.91 Å². The van der Waals surface area contributed by atoms with Crippen LogP contribution in [-0.4, -0.2) is 35.3 Å². The molecule has 1 saturated heterocycles. The Balaban J connectivity index is 1.42. The average Bonchev–Trinajstić information content (AvgIpc) is 3.26. The number of carbonyl (C=O) groups is 1. The first-order chi connectivity index (χ1) is 10.8. The summed E-state index contributed by atoms with van der Waals surface area (Å²) in [6.07, 6.45) is 3.33. The summed E-state index contributed by atoms with van der Waals surface area (Å²) in [4.78, 5) is 18.7. The fraction of sp³-hybridized carbons (Fsp3) is 0.471. The molecule has 2 aromatic heterocycles. The summed E-state index contributed by atoms with van der Waals surface area (Å²) in [6.45, 7) is 3.42. The molecule has 1 unspecified atom stereocenters. The van der Waals surface area contributed by atoms with Gasteiger partial charge in [0.1, 0.15) is 0 Å². The molecule has 1 amide bonds. The Bertz CT molecular complexity index is 649. The van der Waals surface area contributed by atoms with Gasteiger partial charge in [0.15, 0.2) is 0 Å². The number of fused-ring (bicyclic) bond motifs is 1. The normalized spacial score (nSPS) is 22.0. The lowest BCUT2D eigenvalue weighted by molar-refractivity contribution is -0.133. The molecule has 0 spiro atoms. The van der Waals surface area contributed by atoms with E-state index < -0.39 is 0 Å². The van der Waals surface area contributed by atoms with Gasteiger partial charge < -0.3 is 4.90 Å². The van der Waals surface area contributed by atoms with Gasteiger partial charge in [0, 0.05) is 24.5 Å². The molecule has 0 N–H and O–H groups in total. The van der Waals surface area contributed by atoms with E-state index in [9.17, 15) is 4.79 Å². The summed E-state index contributed by atoms with van der Waals surface area (Å²) in [5, 5.41) is 6.47. The molecule has 1 atom stereocenters. The molecule has 0 aromatic carbocycles. The van der Waals surface area contributed by atoms with Crippen molar-refractivity contribution in [1.82, 2.24) is 9.80 Å². The van der Waals surface area contributed by atoms with Crippen LogP contribution in [0.2, 0.25) is 0 Å². The number of thiophene rings is 2. The van der Waals surface area contributed by atoms with E-state index in [1.807, 2.05) is 11.3 Å². The maximum absolute atomic E-state index is 12.8. The van der Waals surface area contributed by atoms with Crippen LogP contribution in [0.5, 0.6) is 0 Å². The third kappa shape index (κ3) is 2.73. The second-order valence-electron chi connectivity index (χ2n) is 6.13. The zero-order valence-electron chi connectivity index (χ0n) is 12.5. The highest BCUT2D eigenvalue weighted by molar-refractivity contribution is 7.10. The van der Waals surface area contributed by atoms with Crippen molar-refractivity contribution in [3.63, 3.8) is 0 Å². The second kappa shape index (κ2) is 6.14. The monoisotopic (exact) mass is 332 g/mol. The van der Waals surface area contributed by atoms with Crippen molar-refractivity contribution in [2.75, 3.05) is 19.6 Å². The largest absolute Gasteiger partial charge is 0.335 e. The molecular formula is C17H20N2OS2. The third-order valence-corrected chi connectivity index (χ3v) is 6.47. The zero-order chi connectivity index (χ0) is 14.9. The molecule has 5 heteroatoms. The highest BCUT2D eigenvalue weighted by atomic mass is 32.1. The Morgan fingerprint density at radius 3 is 3.09 bits per heavy atom. The lowest BCUT2D eigenvalue weighted by Crippen LogP contribution is -2.41. The van der Waals surface area contributed by atoms with E-state index in [-0.39, 0.29) is 0 Å². The van der Waals surface area contributed by atoms with Crippen molar-refractivity contribution in [2.45, 2.75) is 31.8 Å². The zero-order valence-corrected chi connectivity index (χ0v) is 14.2. The number of rotatable bonds is 3. The summed E-state index contributed by atoms with van der Waals surface area (Å²) in [5.41, 5.74) is 2.73. The first kappa shape index (κ1) is 14.4. The Labute approximate surface area is 139 Å². The average molecular weight is 332 g/mol. The summed E-state index contributed by atoms with van der Waals surface area (Å²) in [5.74, 6) is 0.298. The second-order valence-corrected chi connectivity index (χ2v) is 7.91. The molecule has 4 heterocycles. The van der Waals surface area contributed by atoms with Crippen LogP contribution < -0.4 is 0 Å². The molecule has 4 rings (SSSR count). The molecular weight excluding hydrogens is 312 g/mol. The van der Waals surface area contributed by atoms with Gasteiger partial charge in [-0.1, -0.05) is 0 Å². The topological polar surface area (TPSA) is 23.6 Å². The standard InChI is InChI=1S/C17H20N2OS2/c20-17(11-18-7-3-16-13(10-18)5-9-22-16)19-6-1-2-15(19)14-4-8-21-12-14/h4-5,8-9,12,15H,1-3,6-7,10-11H2. The summed E-state index contributed by atoms with van der Waals surface area (Å²) in [7, 11) is 0. The predicted octanol–water partition coefficient (Wildman–Crippen LogP) is 3.53. The Morgan fingerprint density at radius 1 is 1.27 bits per heavy atom. The van der Waals surface area contributed by atoms with Crippen molar-refractivity contribution in [3.05, 3.63) is 44.3 Å². The molecule has 116 valence electrons. The van der Waals surface area contributed by atoms with E-state index in [0.29, 0.717) is 18.5 Å². The number of likely N-dealkylation sites (tertiary alicyclic amines) is 1. The summed E-state index contributed by atoms with van der Waals surface area (Å²) >= 11 is 3.57. The van der Waals surface area contributed by atoms with Crippen LogP contribution in [0, 0.1) is 0 Å². The van der Waals surface area contributed by atoms with Gasteiger partial charge in [-0.2, -0.15) is 11.3 Å². The first-order valence-corrected chi connectivity index (χ1v) is 9.72. The molecule has 0 radical (unpaired) electrons. The van der Waals surface area contributed by atoms with Crippen molar-refractivity contribution < 1.29 is 4.79 Å². The van der Waals surface area contributed by atoms with E-state index in [1.165, 1.54) is 16.0 Å². The molecule has 0 aliphatic carbocycles. The molecule has 2 aliphatic heterocycles.